The van der Waals surface area contributed by atoms with Crippen LogP contribution in [0.2, 0.25) is 19.6 Å². The van der Waals surface area contributed by atoms with Crippen molar-refractivity contribution in [2.45, 2.75) is 25.7 Å². The highest BCUT2D eigenvalue weighted by atomic mass is 28.3. The van der Waals surface area contributed by atoms with Crippen molar-refractivity contribution in [1.29, 1.82) is 0 Å². The van der Waals surface area contributed by atoms with E-state index in [4.69, 9.17) is 0 Å². The third-order valence-electron chi connectivity index (χ3n) is 2.12. The van der Waals surface area contributed by atoms with E-state index in [2.05, 4.69) is 36.1 Å². The molecule has 1 aromatic rings. The minimum absolute atomic E-state index is 0.00907. The van der Waals surface area contributed by atoms with E-state index in [1.54, 1.807) is 6.21 Å². The molecule has 0 aliphatic rings. The number of hydrogen-bond donors (Lipinski definition) is 1. The molecule has 0 bridgehead atoms. The summed E-state index contributed by atoms with van der Waals surface area (Å²) in [5, 5.41) is 9.29. The first-order valence-corrected chi connectivity index (χ1v) is 9.23. The van der Waals surface area contributed by atoms with E-state index in [1.807, 2.05) is 30.3 Å². The summed E-state index contributed by atoms with van der Waals surface area (Å²) in [6.45, 7) is 6.58. The zero-order chi connectivity index (χ0) is 12.7. The monoisotopic (exact) mass is 245 g/mol. The van der Waals surface area contributed by atoms with Crippen LogP contribution in [0.1, 0.15) is 11.6 Å². The predicted molar refractivity (Wildman–Crippen MR) is 75.9 cm³/mol. The van der Waals surface area contributed by atoms with Crippen molar-refractivity contribution >= 4 is 14.3 Å². The summed E-state index contributed by atoms with van der Waals surface area (Å²) in [5.41, 5.74) is 4.23. The quantitative estimate of drug-likeness (QED) is 0.496. The SMILES string of the molecule is C[Si](C)(C)C#CC=N[C@H](CO)c1ccccc1. The van der Waals surface area contributed by atoms with Crippen LogP contribution in [0.5, 0.6) is 0 Å². The Bertz CT molecular complexity index is 423. The molecule has 0 fully saturated rings. The van der Waals surface area contributed by atoms with Gasteiger partial charge in [-0.15, -0.1) is 5.54 Å². The fourth-order valence-corrected chi connectivity index (χ4v) is 1.79. The number of benzene rings is 1. The Kier molecular flexibility index (Phi) is 5.14. The van der Waals surface area contributed by atoms with Gasteiger partial charge in [0.05, 0.1) is 18.9 Å². The van der Waals surface area contributed by atoms with Gasteiger partial charge < -0.3 is 5.11 Å². The van der Waals surface area contributed by atoms with Gasteiger partial charge in [-0.25, -0.2) is 0 Å². The number of nitrogens with zero attached hydrogens (tertiary/aromatic N) is 1. The van der Waals surface area contributed by atoms with Crippen LogP contribution >= 0.6 is 0 Å². The molecule has 17 heavy (non-hydrogen) atoms. The van der Waals surface area contributed by atoms with Crippen molar-refractivity contribution in [3.05, 3.63) is 35.9 Å². The van der Waals surface area contributed by atoms with Gasteiger partial charge in [0.1, 0.15) is 8.07 Å². The fraction of sp³-hybridized carbons (Fsp3) is 0.357. The molecule has 1 aromatic carbocycles. The number of aliphatic hydroxyl groups excluding tert-OH is 1. The summed E-state index contributed by atoms with van der Waals surface area (Å²) in [6.07, 6.45) is 1.62. The van der Waals surface area contributed by atoms with Gasteiger partial charge in [0.15, 0.2) is 0 Å². The number of rotatable bonds is 3. The van der Waals surface area contributed by atoms with E-state index in [0.29, 0.717) is 0 Å². The standard InChI is InChI=1S/C14H19NOSi/c1-17(2,3)11-7-10-15-14(12-16)13-8-5-4-6-9-13/h4-6,8-10,14,16H,12H2,1-3H3/t14-/m1/s1. The number of aliphatic hydroxyl groups is 1. The fourth-order valence-electron chi connectivity index (χ4n) is 1.29. The molecule has 0 aromatic heterocycles. The van der Waals surface area contributed by atoms with Crippen molar-refractivity contribution in [3.63, 3.8) is 0 Å². The Labute approximate surface area is 104 Å². The van der Waals surface area contributed by atoms with Crippen LogP contribution in [0.3, 0.4) is 0 Å². The Hall–Kier alpha value is -1.37. The van der Waals surface area contributed by atoms with Crippen LogP contribution in [-0.2, 0) is 0 Å². The smallest absolute Gasteiger partial charge is 0.129 e. The zero-order valence-corrected chi connectivity index (χ0v) is 11.6. The molecule has 0 spiro atoms. The molecule has 1 N–H and O–H groups in total. The largest absolute Gasteiger partial charge is 0.394 e. The maximum Gasteiger partial charge on any atom is 0.129 e. The molecule has 0 heterocycles. The molecule has 0 saturated heterocycles. The minimum atomic E-state index is -1.33. The summed E-state index contributed by atoms with van der Waals surface area (Å²) in [7, 11) is -1.33. The molecule has 2 nitrogen and oxygen atoms in total. The second-order valence-corrected chi connectivity index (χ2v) is 9.66. The lowest BCUT2D eigenvalue weighted by Gasteiger charge is -2.08. The lowest BCUT2D eigenvalue weighted by Crippen LogP contribution is -2.16. The lowest BCUT2D eigenvalue weighted by molar-refractivity contribution is 0.269. The average molecular weight is 245 g/mol. The Balaban J connectivity index is 2.71. The van der Waals surface area contributed by atoms with Gasteiger partial charge in [0.25, 0.3) is 0 Å². The van der Waals surface area contributed by atoms with Crippen molar-refractivity contribution in [2.24, 2.45) is 4.99 Å². The van der Waals surface area contributed by atoms with E-state index in [-0.39, 0.29) is 12.6 Å². The van der Waals surface area contributed by atoms with Crippen molar-refractivity contribution < 1.29 is 5.11 Å². The predicted octanol–water partition coefficient (Wildman–Crippen LogP) is 2.67. The van der Waals surface area contributed by atoms with Gasteiger partial charge >= 0.3 is 0 Å². The Morgan fingerprint density at radius 2 is 1.94 bits per heavy atom. The molecule has 90 valence electrons. The van der Waals surface area contributed by atoms with Crippen molar-refractivity contribution in [1.82, 2.24) is 0 Å². The molecule has 0 aliphatic heterocycles. The summed E-state index contributed by atoms with van der Waals surface area (Å²) < 4.78 is 0. The van der Waals surface area contributed by atoms with Gasteiger partial charge in [-0.2, -0.15) is 0 Å². The van der Waals surface area contributed by atoms with Crippen LogP contribution in [0.25, 0.3) is 0 Å². The minimum Gasteiger partial charge on any atom is -0.394 e. The third-order valence-corrected chi connectivity index (χ3v) is 3.02. The van der Waals surface area contributed by atoms with Crippen molar-refractivity contribution in [2.75, 3.05) is 6.61 Å². The topological polar surface area (TPSA) is 32.6 Å². The van der Waals surface area contributed by atoms with Crippen LogP contribution in [-0.4, -0.2) is 26.0 Å². The highest BCUT2D eigenvalue weighted by Gasteiger charge is 2.07. The average Bonchev–Trinajstić information content (AvgIpc) is 2.29. The van der Waals surface area contributed by atoms with Crippen LogP contribution < -0.4 is 0 Å². The zero-order valence-electron chi connectivity index (χ0n) is 10.6. The first-order valence-electron chi connectivity index (χ1n) is 5.73. The number of aliphatic imine (C=N–C) groups is 1. The molecule has 3 heteroatoms. The third kappa shape index (κ3) is 5.48. The first kappa shape index (κ1) is 13.7. The van der Waals surface area contributed by atoms with Crippen LogP contribution in [0.15, 0.2) is 35.3 Å². The second-order valence-electron chi connectivity index (χ2n) is 4.91. The van der Waals surface area contributed by atoms with Gasteiger partial charge in [-0.05, 0) is 5.56 Å². The molecule has 0 amide bonds. The molecule has 0 radical (unpaired) electrons. The Morgan fingerprint density at radius 1 is 1.29 bits per heavy atom. The summed E-state index contributed by atoms with van der Waals surface area (Å²) in [6, 6.07) is 9.57. The van der Waals surface area contributed by atoms with Crippen LogP contribution in [0, 0.1) is 11.5 Å². The van der Waals surface area contributed by atoms with E-state index < -0.39 is 8.07 Å². The summed E-state index contributed by atoms with van der Waals surface area (Å²) in [4.78, 5) is 4.29. The molecule has 1 rings (SSSR count). The molecular weight excluding hydrogens is 226 g/mol. The van der Waals surface area contributed by atoms with Gasteiger partial charge in [-0.1, -0.05) is 55.9 Å². The second kappa shape index (κ2) is 6.38. The highest BCUT2D eigenvalue weighted by Crippen LogP contribution is 2.15. The molecule has 0 unspecified atom stereocenters. The maximum absolute atomic E-state index is 9.29. The first-order chi connectivity index (χ1) is 8.03. The molecule has 0 saturated carbocycles. The molecule has 0 aliphatic carbocycles. The Morgan fingerprint density at radius 3 is 2.47 bits per heavy atom. The maximum atomic E-state index is 9.29. The molecule has 1 atom stereocenters. The van der Waals surface area contributed by atoms with E-state index >= 15 is 0 Å². The van der Waals surface area contributed by atoms with Crippen LogP contribution in [0.4, 0.5) is 0 Å². The lowest BCUT2D eigenvalue weighted by atomic mass is 10.1. The summed E-state index contributed by atoms with van der Waals surface area (Å²) in [5.74, 6) is 2.97. The van der Waals surface area contributed by atoms with Gasteiger partial charge in [-0.3, -0.25) is 4.99 Å². The number of hydrogen-bond acceptors (Lipinski definition) is 2. The van der Waals surface area contributed by atoms with E-state index in [1.165, 1.54) is 0 Å². The summed E-state index contributed by atoms with van der Waals surface area (Å²) >= 11 is 0. The van der Waals surface area contributed by atoms with E-state index in [0.717, 1.165) is 5.56 Å². The molecular formula is C14H19NOSi. The van der Waals surface area contributed by atoms with Crippen molar-refractivity contribution in [3.8, 4) is 11.5 Å². The van der Waals surface area contributed by atoms with E-state index in [9.17, 15) is 5.11 Å². The normalized spacial score (nSPS) is 13.2. The van der Waals surface area contributed by atoms with Gasteiger partial charge in [0.2, 0.25) is 0 Å². The highest BCUT2D eigenvalue weighted by molar-refractivity contribution is 6.84. The van der Waals surface area contributed by atoms with Gasteiger partial charge in [0, 0.05) is 0 Å².